The molecule has 4 nitrogen and oxygen atoms in total. The summed E-state index contributed by atoms with van der Waals surface area (Å²) in [6, 6.07) is 20.0. The van der Waals surface area contributed by atoms with Gasteiger partial charge in [-0.25, -0.2) is 0 Å². The second kappa shape index (κ2) is 11.1. The average Bonchev–Trinajstić information content (AvgIpc) is 2.75. The van der Waals surface area contributed by atoms with Gasteiger partial charge < -0.3 is 10.6 Å². The van der Waals surface area contributed by atoms with E-state index in [2.05, 4.69) is 31.4 Å². The lowest BCUT2D eigenvalue weighted by atomic mass is 9.87. The van der Waals surface area contributed by atoms with E-state index in [1.807, 2.05) is 24.3 Å². The molecular formula is C26H26Cl2N2O2S. The maximum absolute atomic E-state index is 12.6. The topological polar surface area (TPSA) is 58.2 Å². The van der Waals surface area contributed by atoms with Gasteiger partial charge >= 0.3 is 0 Å². The van der Waals surface area contributed by atoms with Crippen molar-refractivity contribution in [3.8, 4) is 0 Å². The van der Waals surface area contributed by atoms with E-state index in [0.29, 0.717) is 32.7 Å². The van der Waals surface area contributed by atoms with Crippen LogP contribution in [0.5, 0.6) is 0 Å². The van der Waals surface area contributed by atoms with Crippen LogP contribution in [0.25, 0.3) is 0 Å². The molecule has 0 aromatic heterocycles. The van der Waals surface area contributed by atoms with Crippen molar-refractivity contribution < 1.29 is 9.59 Å². The van der Waals surface area contributed by atoms with Gasteiger partial charge in [-0.15, -0.1) is 11.8 Å². The summed E-state index contributed by atoms with van der Waals surface area (Å²) >= 11 is 13.8. The third-order valence-corrected chi connectivity index (χ3v) is 6.63. The molecule has 7 heteroatoms. The van der Waals surface area contributed by atoms with E-state index >= 15 is 0 Å². The van der Waals surface area contributed by atoms with Crippen LogP contribution in [0.4, 0.5) is 11.4 Å². The Hall–Kier alpha value is -2.47. The molecule has 172 valence electrons. The Kier molecular flexibility index (Phi) is 8.46. The summed E-state index contributed by atoms with van der Waals surface area (Å²) in [7, 11) is 0. The summed E-state index contributed by atoms with van der Waals surface area (Å²) in [5, 5.41) is 6.92. The third kappa shape index (κ3) is 7.26. The van der Waals surface area contributed by atoms with Crippen molar-refractivity contribution in [1.82, 2.24) is 0 Å². The fraction of sp³-hybridized carbons (Fsp3) is 0.231. The molecule has 0 unspecified atom stereocenters. The Morgan fingerprint density at radius 1 is 0.848 bits per heavy atom. The van der Waals surface area contributed by atoms with E-state index in [1.165, 1.54) is 17.3 Å². The van der Waals surface area contributed by atoms with E-state index in [1.54, 1.807) is 42.5 Å². The summed E-state index contributed by atoms with van der Waals surface area (Å²) in [6.45, 7) is 6.39. The molecule has 0 fully saturated rings. The van der Waals surface area contributed by atoms with Gasteiger partial charge in [0.15, 0.2) is 0 Å². The van der Waals surface area contributed by atoms with Crippen LogP contribution in [-0.2, 0) is 16.0 Å². The molecule has 0 atom stereocenters. The van der Waals surface area contributed by atoms with Gasteiger partial charge in [0.25, 0.3) is 5.91 Å². The van der Waals surface area contributed by atoms with E-state index < -0.39 is 0 Å². The van der Waals surface area contributed by atoms with Crippen molar-refractivity contribution in [2.45, 2.75) is 31.9 Å². The van der Waals surface area contributed by atoms with Crippen LogP contribution in [0.1, 0.15) is 42.3 Å². The normalized spacial score (nSPS) is 11.2. The van der Waals surface area contributed by atoms with E-state index in [-0.39, 0.29) is 23.0 Å². The summed E-state index contributed by atoms with van der Waals surface area (Å²) < 4.78 is 0. The monoisotopic (exact) mass is 500 g/mol. The largest absolute Gasteiger partial charge is 0.325 e. The van der Waals surface area contributed by atoms with Gasteiger partial charge in [0.2, 0.25) is 5.91 Å². The Balaban J connectivity index is 1.54. The first kappa shape index (κ1) is 25.2. The molecule has 3 rings (SSSR count). The number of rotatable bonds is 7. The van der Waals surface area contributed by atoms with Gasteiger partial charge in [-0.3, -0.25) is 9.59 Å². The van der Waals surface area contributed by atoms with Crippen LogP contribution < -0.4 is 10.6 Å². The quantitative estimate of drug-likeness (QED) is 0.354. The Labute approximate surface area is 209 Å². The lowest BCUT2D eigenvalue weighted by molar-refractivity contribution is -0.113. The lowest BCUT2D eigenvalue weighted by Gasteiger charge is -2.19. The number of amides is 2. The predicted molar refractivity (Wildman–Crippen MR) is 141 cm³/mol. The van der Waals surface area contributed by atoms with E-state index in [0.717, 1.165) is 5.56 Å². The van der Waals surface area contributed by atoms with Gasteiger partial charge in [-0.05, 0) is 59.0 Å². The molecule has 0 saturated heterocycles. The van der Waals surface area contributed by atoms with Crippen molar-refractivity contribution >= 4 is 58.2 Å². The molecule has 0 aliphatic rings. The fourth-order valence-corrected chi connectivity index (χ4v) is 4.68. The van der Waals surface area contributed by atoms with Gasteiger partial charge in [-0.2, -0.15) is 0 Å². The van der Waals surface area contributed by atoms with E-state index in [9.17, 15) is 9.59 Å². The molecule has 2 N–H and O–H groups in total. The van der Waals surface area contributed by atoms with Crippen LogP contribution >= 0.6 is 35.0 Å². The smallest absolute Gasteiger partial charge is 0.255 e. The minimum atomic E-state index is -0.203. The predicted octanol–water partition coefficient (Wildman–Crippen LogP) is 7.42. The number of benzene rings is 3. The highest BCUT2D eigenvalue weighted by Crippen LogP contribution is 2.28. The number of carbonyl (C=O) groups excluding carboxylic acids is 2. The second-order valence-corrected chi connectivity index (χ2v) is 10.4. The molecular weight excluding hydrogens is 475 g/mol. The van der Waals surface area contributed by atoms with Crippen LogP contribution in [0.2, 0.25) is 10.0 Å². The number of anilines is 2. The standard InChI is InChI=1S/C26H26Cl2N2O2S/c1-26(2,3)18-12-10-17(11-13-18)25(32)30-20-7-4-6-19(14-20)29-24(31)16-33-15-21-22(27)8-5-9-23(21)28/h4-14H,15-16H2,1-3H3,(H,29,31)(H,30,32). The molecule has 2 amide bonds. The number of thioether (sulfide) groups is 1. The lowest BCUT2D eigenvalue weighted by Crippen LogP contribution is -2.16. The van der Waals surface area contributed by atoms with Crippen molar-refractivity contribution in [3.05, 3.63) is 93.5 Å². The van der Waals surface area contributed by atoms with Gasteiger partial charge in [0.05, 0.1) is 5.75 Å². The summed E-state index contributed by atoms with van der Waals surface area (Å²) in [5.74, 6) is 0.435. The molecule has 33 heavy (non-hydrogen) atoms. The first-order chi connectivity index (χ1) is 15.6. The molecule has 0 radical (unpaired) electrons. The highest BCUT2D eigenvalue weighted by Gasteiger charge is 2.14. The number of hydrogen-bond acceptors (Lipinski definition) is 3. The van der Waals surface area contributed by atoms with Crippen LogP contribution in [0.15, 0.2) is 66.7 Å². The number of halogens is 2. The fourth-order valence-electron chi connectivity index (χ4n) is 3.11. The van der Waals surface area contributed by atoms with Crippen molar-refractivity contribution in [1.29, 1.82) is 0 Å². The Morgan fingerprint density at radius 2 is 1.42 bits per heavy atom. The van der Waals surface area contributed by atoms with Crippen molar-refractivity contribution in [2.75, 3.05) is 16.4 Å². The molecule has 3 aromatic rings. The molecule has 0 aliphatic heterocycles. The van der Waals surface area contributed by atoms with Crippen LogP contribution in [0, 0.1) is 0 Å². The van der Waals surface area contributed by atoms with Gasteiger partial charge in [-0.1, -0.05) is 68.2 Å². The summed E-state index contributed by atoms with van der Waals surface area (Å²) in [4.78, 5) is 25.0. The molecule has 0 heterocycles. The first-order valence-electron chi connectivity index (χ1n) is 10.5. The summed E-state index contributed by atoms with van der Waals surface area (Å²) in [6.07, 6.45) is 0. The van der Waals surface area contributed by atoms with Crippen LogP contribution in [0.3, 0.4) is 0 Å². The molecule has 0 spiro atoms. The molecule has 0 saturated carbocycles. The number of nitrogens with one attached hydrogen (secondary N) is 2. The third-order valence-electron chi connectivity index (χ3n) is 4.96. The zero-order valence-electron chi connectivity index (χ0n) is 18.7. The average molecular weight is 501 g/mol. The number of carbonyl (C=O) groups is 2. The van der Waals surface area contributed by atoms with Gasteiger partial charge in [0, 0.05) is 32.7 Å². The van der Waals surface area contributed by atoms with Gasteiger partial charge in [0.1, 0.15) is 0 Å². The zero-order chi connectivity index (χ0) is 24.0. The SMILES string of the molecule is CC(C)(C)c1ccc(C(=O)Nc2cccc(NC(=O)CSCc3c(Cl)cccc3Cl)c2)cc1. The van der Waals surface area contributed by atoms with Crippen LogP contribution in [-0.4, -0.2) is 17.6 Å². The second-order valence-electron chi connectivity index (χ2n) is 8.60. The summed E-state index contributed by atoms with van der Waals surface area (Å²) in [5.41, 5.74) is 3.80. The first-order valence-corrected chi connectivity index (χ1v) is 12.4. The molecule has 3 aromatic carbocycles. The number of hydrogen-bond donors (Lipinski definition) is 2. The van der Waals surface area contributed by atoms with Crippen molar-refractivity contribution in [3.63, 3.8) is 0 Å². The maximum atomic E-state index is 12.6. The highest BCUT2D eigenvalue weighted by atomic mass is 35.5. The van der Waals surface area contributed by atoms with E-state index in [4.69, 9.17) is 23.2 Å². The molecule has 0 aliphatic carbocycles. The minimum absolute atomic E-state index is 0.0272. The van der Waals surface area contributed by atoms with Crippen molar-refractivity contribution in [2.24, 2.45) is 0 Å². The highest BCUT2D eigenvalue weighted by molar-refractivity contribution is 7.99. The maximum Gasteiger partial charge on any atom is 0.255 e. The Bertz CT molecular complexity index is 1120. The Morgan fingerprint density at radius 3 is 2.03 bits per heavy atom. The zero-order valence-corrected chi connectivity index (χ0v) is 21.1. The minimum Gasteiger partial charge on any atom is -0.325 e. The molecule has 0 bridgehead atoms.